The lowest BCUT2D eigenvalue weighted by molar-refractivity contribution is 0.624. The van der Waals surface area contributed by atoms with Gasteiger partial charge in [-0.3, -0.25) is 0 Å². The van der Waals surface area contributed by atoms with Crippen LogP contribution >= 0.6 is 0 Å². The highest BCUT2D eigenvalue weighted by Crippen LogP contribution is 2.21. The summed E-state index contributed by atoms with van der Waals surface area (Å²) in [5.41, 5.74) is 1.85. The van der Waals surface area contributed by atoms with Crippen molar-refractivity contribution in [2.45, 2.75) is 0 Å². The Morgan fingerprint density at radius 1 is 1.07 bits per heavy atom. The summed E-state index contributed by atoms with van der Waals surface area (Å²) in [5.74, 6) is -0.483. The lowest BCUT2D eigenvalue weighted by Crippen LogP contribution is -1.85. The molecule has 2 rings (SSSR count). The highest BCUT2D eigenvalue weighted by atomic mass is 19.1. The van der Waals surface area contributed by atoms with E-state index in [0.29, 0.717) is 0 Å². The minimum Gasteiger partial charge on any atom is -0.206 e. The van der Waals surface area contributed by atoms with E-state index in [2.05, 4.69) is 6.07 Å². The van der Waals surface area contributed by atoms with E-state index in [0.717, 1.165) is 11.1 Å². The Balaban J connectivity index is 2.52. The maximum absolute atomic E-state index is 13.1. The number of nitrogens with zero attached hydrogens (tertiary/aromatic N) is 1. The van der Waals surface area contributed by atoms with E-state index in [1.165, 1.54) is 6.07 Å². The molecule has 0 unspecified atom stereocenters. The molecule has 2 aromatic rings. The van der Waals surface area contributed by atoms with Gasteiger partial charge in [0, 0.05) is 0 Å². The van der Waals surface area contributed by atoms with Crippen LogP contribution in [0.15, 0.2) is 42.5 Å². The van der Waals surface area contributed by atoms with Gasteiger partial charge in [0.15, 0.2) is 0 Å². The Kier molecular flexibility index (Phi) is 2.47. The van der Waals surface area contributed by atoms with Gasteiger partial charge in [-0.2, -0.15) is 5.26 Å². The van der Waals surface area contributed by atoms with Crippen LogP contribution in [0.1, 0.15) is 5.56 Å². The summed E-state index contributed by atoms with van der Waals surface area (Å²) in [6.07, 6.45) is 0. The molecular formula is C13H7FN. The van der Waals surface area contributed by atoms with Crippen molar-refractivity contribution in [3.8, 4) is 17.2 Å². The molecule has 0 saturated carbocycles. The van der Waals surface area contributed by atoms with Crippen molar-refractivity contribution >= 4 is 0 Å². The summed E-state index contributed by atoms with van der Waals surface area (Å²) in [6.45, 7) is 0. The highest BCUT2D eigenvalue weighted by Gasteiger charge is 2.03. The molecule has 0 atom stereocenters. The summed E-state index contributed by atoms with van der Waals surface area (Å²) in [5, 5.41) is 8.69. The Labute approximate surface area is 87.4 Å². The van der Waals surface area contributed by atoms with Crippen molar-refractivity contribution in [2.24, 2.45) is 0 Å². The van der Waals surface area contributed by atoms with Crippen molar-refractivity contribution in [1.29, 1.82) is 5.26 Å². The average molecular weight is 196 g/mol. The first kappa shape index (κ1) is 9.42. The van der Waals surface area contributed by atoms with Crippen LogP contribution in [0.3, 0.4) is 0 Å². The number of halogens is 1. The molecule has 0 heterocycles. The molecule has 0 aliphatic rings. The zero-order chi connectivity index (χ0) is 10.7. The van der Waals surface area contributed by atoms with Gasteiger partial charge in [-0.05, 0) is 29.3 Å². The van der Waals surface area contributed by atoms with Gasteiger partial charge in [-0.15, -0.1) is 0 Å². The van der Waals surface area contributed by atoms with E-state index in [1.54, 1.807) is 24.3 Å². The second kappa shape index (κ2) is 3.93. The van der Waals surface area contributed by atoms with Gasteiger partial charge in [0.05, 0.1) is 5.56 Å². The molecule has 0 amide bonds. The van der Waals surface area contributed by atoms with Crippen LogP contribution in [-0.2, 0) is 0 Å². The van der Waals surface area contributed by atoms with E-state index in [1.807, 2.05) is 18.2 Å². The second-order valence-corrected chi connectivity index (χ2v) is 3.10. The molecule has 0 fully saturated rings. The summed E-state index contributed by atoms with van der Waals surface area (Å²) in [6, 6.07) is 16.5. The molecule has 0 aliphatic carbocycles. The third-order valence-corrected chi connectivity index (χ3v) is 2.14. The Morgan fingerprint density at radius 2 is 1.80 bits per heavy atom. The molecule has 0 N–H and O–H groups in total. The zero-order valence-electron chi connectivity index (χ0n) is 7.87. The second-order valence-electron chi connectivity index (χ2n) is 3.10. The summed E-state index contributed by atoms with van der Waals surface area (Å²) >= 11 is 0. The standard InChI is InChI=1S/C13H7FN/c14-13-7-6-11(8-12(13)9-15)10-4-2-1-3-5-10/h2-8H. The minimum absolute atomic E-state index is 0.0698. The van der Waals surface area contributed by atoms with E-state index in [-0.39, 0.29) is 5.56 Å². The Hall–Kier alpha value is -2.14. The molecule has 71 valence electrons. The van der Waals surface area contributed by atoms with Gasteiger partial charge in [0.25, 0.3) is 0 Å². The van der Waals surface area contributed by atoms with Crippen LogP contribution in [0, 0.1) is 23.2 Å². The van der Waals surface area contributed by atoms with Crippen LogP contribution in [0.2, 0.25) is 0 Å². The lowest BCUT2D eigenvalue weighted by Gasteiger charge is -2.01. The number of benzene rings is 2. The predicted molar refractivity (Wildman–Crippen MR) is 55.4 cm³/mol. The monoisotopic (exact) mass is 196 g/mol. The van der Waals surface area contributed by atoms with Gasteiger partial charge in [0.1, 0.15) is 11.9 Å². The third-order valence-electron chi connectivity index (χ3n) is 2.14. The molecule has 2 heteroatoms. The Morgan fingerprint density at radius 3 is 2.47 bits per heavy atom. The van der Waals surface area contributed by atoms with Crippen molar-refractivity contribution in [3.63, 3.8) is 0 Å². The van der Waals surface area contributed by atoms with Gasteiger partial charge in [-0.1, -0.05) is 30.3 Å². The van der Waals surface area contributed by atoms with Crippen LogP contribution in [0.5, 0.6) is 0 Å². The van der Waals surface area contributed by atoms with Crippen LogP contribution < -0.4 is 0 Å². The number of rotatable bonds is 1. The first-order valence-electron chi connectivity index (χ1n) is 4.47. The van der Waals surface area contributed by atoms with Gasteiger partial charge >= 0.3 is 0 Å². The van der Waals surface area contributed by atoms with E-state index in [4.69, 9.17) is 5.26 Å². The quantitative estimate of drug-likeness (QED) is 0.687. The summed E-state index contributed by atoms with van der Waals surface area (Å²) in [4.78, 5) is 0. The van der Waals surface area contributed by atoms with Gasteiger partial charge in [0.2, 0.25) is 0 Å². The van der Waals surface area contributed by atoms with E-state index >= 15 is 0 Å². The summed E-state index contributed by atoms with van der Waals surface area (Å²) < 4.78 is 13.1. The number of hydrogen-bond donors (Lipinski definition) is 0. The maximum atomic E-state index is 13.1. The normalized spacial score (nSPS) is 9.60. The van der Waals surface area contributed by atoms with Crippen molar-refractivity contribution in [1.82, 2.24) is 0 Å². The molecule has 2 aromatic carbocycles. The molecule has 0 spiro atoms. The molecule has 0 aliphatic heterocycles. The van der Waals surface area contributed by atoms with Crippen molar-refractivity contribution < 1.29 is 4.39 Å². The lowest BCUT2D eigenvalue weighted by atomic mass is 10.0. The van der Waals surface area contributed by atoms with Crippen LogP contribution in [0.4, 0.5) is 4.39 Å². The number of nitriles is 1. The molecule has 15 heavy (non-hydrogen) atoms. The number of hydrogen-bond acceptors (Lipinski definition) is 1. The predicted octanol–water partition coefficient (Wildman–Crippen LogP) is 3.16. The van der Waals surface area contributed by atoms with Crippen LogP contribution in [-0.4, -0.2) is 0 Å². The fourth-order valence-electron chi connectivity index (χ4n) is 1.37. The van der Waals surface area contributed by atoms with Crippen LogP contribution in [0.25, 0.3) is 11.1 Å². The molecule has 0 aromatic heterocycles. The average Bonchev–Trinajstić information content (AvgIpc) is 2.31. The summed E-state index contributed by atoms with van der Waals surface area (Å²) in [7, 11) is 0. The Bertz CT molecular complexity index is 512. The van der Waals surface area contributed by atoms with Gasteiger partial charge in [-0.25, -0.2) is 4.39 Å². The molecule has 0 bridgehead atoms. The highest BCUT2D eigenvalue weighted by molar-refractivity contribution is 5.65. The van der Waals surface area contributed by atoms with Crippen molar-refractivity contribution in [2.75, 3.05) is 0 Å². The largest absolute Gasteiger partial charge is 0.206 e. The van der Waals surface area contributed by atoms with Gasteiger partial charge < -0.3 is 0 Å². The van der Waals surface area contributed by atoms with E-state index < -0.39 is 5.82 Å². The molecule has 0 saturated heterocycles. The van der Waals surface area contributed by atoms with E-state index in [9.17, 15) is 4.39 Å². The third kappa shape index (κ3) is 1.87. The van der Waals surface area contributed by atoms with Crippen molar-refractivity contribution in [3.05, 3.63) is 59.9 Å². The fraction of sp³-hybridized carbons (Fsp3) is 0. The minimum atomic E-state index is -0.483. The topological polar surface area (TPSA) is 23.8 Å². The maximum Gasteiger partial charge on any atom is 0.140 e. The smallest absolute Gasteiger partial charge is 0.140 e. The molecule has 1 nitrogen and oxygen atoms in total. The zero-order valence-corrected chi connectivity index (χ0v) is 7.87. The first-order valence-corrected chi connectivity index (χ1v) is 4.47. The first-order chi connectivity index (χ1) is 7.31. The molecule has 1 radical (unpaired) electrons. The fourth-order valence-corrected chi connectivity index (χ4v) is 1.37. The SMILES string of the molecule is N#Cc1cc(-c2cc[c]cc2)ccc1F. The molecular weight excluding hydrogens is 189 g/mol.